The second-order valence-electron chi connectivity index (χ2n) is 6.12. The predicted molar refractivity (Wildman–Crippen MR) is 87.1 cm³/mol. The first kappa shape index (κ1) is 16.8. The molecule has 1 unspecified atom stereocenters. The van der Waals surface area contributed by atoms with Gasteiger partial charge < -0.3 is 4.74 Å². The topological polar surface area (TPSA) is 39.5 Å². The van der Waals surface area contributed by atoms with E-state index in [1.807, 2.05) is 6.07 Å². The van der Waals surface area contributed by atoms with E-state index in [1.165, 1.54) is 6.07 Å². The zero-order chi connectivity index (χ0) is 17.1. The summed E-state index contributed by atoms with van der Waals surface area (Å²) in [6, 6.07) is 7.63. The first-order chi connectivity index (χ1) is 11.5. The van der Waals surface area contributed by atoms with Gasteiger partial charge in [0.05, 0.1) is 6.04 Å². The summed E-state index contributed by atoms with van der Waals surface area (Å²) in [5, 5.41) is 4.65. The average molecular weight is 332 g/mol. The van der Waals surface area contributed by atoms with E-state index in [0.717, 1.165) is 37.3 Å². The van der Waals surface area contributed by atoms with Gasteiger partial charge in [-0.15, -0.1) is 0 Å². The molecule has 0 N–H and O–H groups in total. The van der Waals surface area contributed by atoms with Crippen LogP contribution in [0.3, 0.4) is 0 Å². The number of halogens is 2. The van der Waals surface area contributed by atoms with E-state index >= 15 is 0 Å². The molecule has 3 rings (SSSR count). The van der Waals surface area contributed by atoms with Crippen LogP contribution in [0.1, 0.15) is 25.5 Å². The van der Waals surface area contributed by atoms with Gasteiger partial charge in [0.2, 0.25) is 5.88 Å². The summed E-state index contributed by atoms with van der Waals surface area (Å²) in [6.45, 7) is 7.04. The van der Waals surface area contributed by atoms with Gasteiger partial charge in [0.25, 0.3) is 0 Å². The van der Waals surface area contributed by atoms with E-state index in [4.69, 9.17) is 4.74 Å². The van der Waals surface area contributed by atoms with E-state index in [9.17, 15) is 8.78 Å². The van der Waals surface area contributed by atoms with Crippen LogP contribution in [-0.4, -0.2) is 35.6 Å². The SMILES string of the molecule is CC(C)N1CC[N]C(c2ccc(Oc3ccc(F)c(F)c3)nc2)C1. The maximum absolute atomic E-state index is 13.2. The van der Waals surface area contributed by atoms with Crippen molar-refractivity contribution >= 4 is 0 Å². The number of aromatic nitrogens is 1. The molecule has 1 saturated heterocycles. The maximum atomic E-state index is 13.2. The summed E-state index contributed by atoms with van der Waals surface area (Å²) in [5.74, 6) is -1.30. The Kier molecular flexibility index (Phi) is 5.06. The zero-order valence-electron chi connectivity index (χ0n) is 13.7. The molecule has 1 fully saturated rings. The molecular formula is C18H20F2N3O. The Balaban J connectivity index is 1.67. The standard InChI is InChI=1S/C18H20F2N3O/c1-12(2)23-8-7-21-17(11-23)13-3-6-18(22-10-13)24-14-4-5-15(19)16(20)9-14/h3-6,9-10,12,17H,7-8,11H2,1-2H3. The van der Waals surface area contributed by atoms with Gasteiger partial charge in [-0.25, -0.2) is 19.1 Å². The van der Waals surface area contributed by atoms with Crippen LogP contribution in [0.5, 0.6) is 11.6 Å². The predicted octanol–water partition coefficient (Wildman–Crippen LogP) is 3.52. The summed E-state index contributed by atoms with van der Waals surface area (Å²) >= 11 is 0. The van der Waals surface area contributed by atoms with Crippen molar-refractivity contribution in [2.24, 2.45) is 0 Å². The highest BCUT2D eigenvalue weighted by molar-refractivity contribution is 5.29. The molecule has 0 saturated carbocycles. The summed E-state index contributed by atoms with van der Waals surface area (Å²) in [5.41, 5.74) is 1.03. The maximum Gasteiger partial charge on any atom is 0.219 e. The van der Waals surface area contributed by atoms with E-state index in [1.54, 1.807) is 12.3 Å². The number of benzene rings is 1. The van der Waals surface area contributed by atoms with Gasteiger partial charge in [0, 0.05) is 44.0 Å². The van der Waals surface area contributed by atoms with Crippen LogP contribution in [0.25, 0.3) is 0 Å². The fraction of sp³-hybridized carbons (Fsp3) is 0.389. The molecular weight excluding hydrogens is 312 g/mol. The molecule has 0 aliphatic carbocycles. The molecule has 1 aromatic carbocycles. The van der Waals surface area contributed by atoms with Crippen molar-refractivity contribution in [3.63, 3.8) is 0 Å². The first-order valence-electron chi connectivity index (χ1n) is 8.02. The van der Waals surface area contributed by atoms with Gasteiger partial charge in [-0.2, -0.15) is 0 Å². The Morgan fingerprint density at radius 1 is 1.17 bits per heavy atom. The van der Waals surface area contributed by atoms with Crippen molar-refractivity contribution in [3.8, 4) is 11.6 Å². The fourth-order valence-corrected chi connectivity index (χ4v) is 2.70. The van der Waals surface area contributed by atoms with Crippen molar-refractivity contribution in [2.75, 3.05) is 19.6 Å². The summed E-state index contributed by atoms with van der Waals surface area (Å²) in [6.07, 6.45) is 1.73. The lowest BCUT2D eigenvalue weighted by molar-refractivity contribution is 0.159. The second-order valence-corrected chi connectivity index (χ2v) is 6.12. The highest BCUT2D eigenvalue weighted by Gasteiger charge is 2.23. The summed E-state index contributed by atoms with van der Waals surface area (Å²) in [4.78, 5) is 6.65. The van der Waals surface area contributed by atoms with E-state index in [0.29, 0.717) is 11.9 Å². The van der Waals surface area contributed by atoms with Crippen molar-refractivity contribution in [3.05, 3.63) is 53.7 Å². The smallest absolute Gasteiger partial charge is 0.219 e. The zero-order valence-corrected chi connectivity index (χ0v) is 13.7. The van der Waals surface area contributed by atoms with Gasteiger partial charge in [-0.1, -0.05) is 6.07 Å². The second kappa shape index (κ2) is 7.23. The van der Waals surface area contributed by atoms with Crippen LogP contribution in [0.4, 0.5) is 8.78 Å². The van der Waals surface area contributed by atoms with Gasteiger partial charge in [0.1, 0.15) is 5.75 Å². The third kappa shape index (κ3) is 3.88. The molecule has 4 nitrogen and oxygen atoms in total. The van der Waals surface area contributed by atoms with Crippen LogP contribution in [0.2, 0.25) is 0 Å². The lowest BCUT2D eigenvalue weighted by Crippen LogP contribution is -2.45. The molecule has 0 spiro atoms. The minimum Gasteiger partial charge on any atom is -0.439 e. The van der Waals surface area contributed by atoms with Crippen LogP contribution in [0.15, 0.2) is 36.5 Å². The quantitative estimate of drug-likeness (QED) is 0.860. The summed E-state index contributed by atoms with van der Waals surface area (Å²) < 4.78 is 31.6. The molecule has 1 aliphatic rings. The van der Waals surface area contributed by atoms with Crippen molar-refractivity contribution in [1.82, 2.24) is 15.2 Å². The minimum absolute atomic E-state index is 0.103. The summed E-state index contributed by atoms with van der Waals surface area (Å²) in [7, 11) is 0. The molecule has 2 heterocycles. The number of rotatable bonds is 4. The Morgan fingerprint density at radius 3 is 2.67 bits per heavy atom. The van der Waals surface area contributed by atoms with Crippen LogP contribution in [-0.2, 0) is 0 Å². The normalized spacial score (nSPS) is 18.8. The minimum atomic E-state index is -0.945. The van der Waals surface area contributed by atoms with Gasteiger partial charge >= 0.3 is 0 Å². The number of pyridine rings is 1. The van der Waals surface area contributed by atoms with Crippen molar-refractivity contribution in [2.45, 2.75) is 25.9 Å². The van der Waals surface area contributed by atoms with Gasteiger partial charge in [0.15, 0.2) is 11.6 Å². The highest BCUT2D eigenvalue weighted by atomic mass is 19.2. The molecule has 1 aromatic heterocycles. The van der Waals surface area contributed by atoms with Crippen LogP contribution in [0, 0.1) is 11.6 Å². The largest absolute Gasteiger partial charge is 0.439 e. The number of hydrogen-bond donors (Lipinski definition) is 0. The molecule has 2 aromatic rings. The lowest BCUT2D eigenvalue weighted by atomic mass is 10.1. The Labute approximate surface area is 140 Å². The number of nitrogens with zero attached hydrogens (tertiary/aromatic N) is 3. The van der Waals surface area contributed by atoms with Crippen molar-refractivity contribution in [1.29, 1.82) is 0 Å². The molecule has 0 amide bonds. The molecule has 127 valence electrons. The van der Waals surface area contributed by atoms with E-state index in [-0.39, 0.29) is 11.8 Å². The van der Waals surface area contributed by atoms with E-state index in [2.05, 4.69) is 29.0 Å². The molecule has 0 bridgehead atoms. The van der Waals surface area contributed by atoms with Gasteiger partial charge in [-0.05, 0) is 31.5 Å². The highest BCUT2D eigenvalue weighted by Crippen LogP contribution is 2.24. The molecule has 1 aliphatic heterocycles. The Hall–Kier alpha value is -2.05. The van der Waals surface area contributed by atoms with Crippen molar-refractivity contribution < 1.29 is 13.5 Å². The van der Waals surface area contributed by atoms with Gasteiger partial charge in [-0.3, -0.25) is 4.90 Å². The molecule has 24 heavy (non-hydrogen) atoms. The average Bonchev–Trinajstić information content (AvgIpc) is 2.59. The molecule has 1 atom stereocenters. The lowest BCUT2D eigenvalue weighted by Gasteiger charge is -2.35. The first-order valence-corrected chi connectivity index (χ1v) is 8.02. The molecule has 6 heteroatoms. The third-order valence-electron chi connectivity index (χ3n) is 4.13. The number of hydrogen-bond acceptors (Lipinski definition) is 3. The third-order valence-corrected chi connectivity index (χ3v) is 4.13. The Morgan fingerprint density at radius 2 is 2.00 bits per heavy atom. The monoisotopic (exact) mass is 332 g/mol. The Bertz CT molecular complexity index is 691. The molecule has 1 radical (unpaired) electrons. The van der Waals surface area contributed by atoms with E-state index < -0.39 is 11.6 Å². The van der Waals surface area contributed by atoms with Crippen LogP contribution < -0.4 is 10.1 Å². The number of ether oxygens (including phenoxy) is 1. The van der Waals surface area contributed by atoms with Crippen LogP contribution >= 0.6 is 0 Å². The fourth-order valence-electron chi connectivity index (χ4n) is 2.70. The number of piperazine rings is 1.